The van der Waals surface area contributed by atoms with E-state index in [-0.39, 0.29) is 31.2 Å². The number of carbonyl (C=O) groups excluding carboxylic acids is 2. The highest BCUT2D eigenvalue weighted by Crippen LogP contribution is 2.33. The minimum absolute atomic E-state index is 0.0616. The minimum Gasteiger partial charge on any atom is -0.356 e. The number of hydrogen-bond donors (Lipinski definition) is 1. The summed E-state index contributed by atoms with van der Waals surface area (Å²) in [6.45, 7) is 2.49. The van der Waals surface area contributed by atoms with Crippen LogP contribution in [0.2, 0.25) is 0 Å². The van der Waals surface area contributed by atoms with Crippen LogP contribution in [0.3, 0.4) is 0 Å². The van der Waals surface area contributed by atoms with E-state index in [1.807, 2.05) is 84.9 Å². The van der Waals surface area contributed by atoms with Gasteiger partial charge in [0.15, 0.2) is 0 Å². The molecule has 1 atom stereocenters. The topological polar surface area (TPSA) is 73.2 Å². The molecule has 1 aliphatic heterocycles. The first kappa shape index (κ1) is 27.3. The van der Waals surface area contributed by atoms with Crippen molar-refractivity contribution < 1.29 is 9.59 Å². The van der Waals surface area contributed by atoms with Crippen molar-refractivity contribution in [1.29, 1.82) is 5.26 Å². The summed E-state index contributed by atoms with van der Waals surface area (Å²) in [5, 5.41) is 12.6. The Morgan fingerprint density at radius 1 is 0.974 bits per heavy atom. The highest BCUT2D eigenvalue weighted by Gasteiger charge is 2.28. The van der Waals surface area contributed by atoms with E-state index in [0.717, 1.165) is 27.9 Å². The fourth-order valence-corrected chi connectivity index (χ4v) is 5.83. The monoisotopic (exact) mass is 539 g/mol. The summed E-state index contributed by atoms with van der Waals surface area (Å²) in [6, 6.07) is 27.7. The average Bonchev–Trinajstić information content (AvgIpc) is 2.93. The van der Waals surface area contributed by atoms with Crippen LogP contribution in [0.15, 0.2) is 78.9 Å². The molecule has 0 radical (unpaired) electrons. The van der Waals surface area contributed by atoms with E-state index in [4.69, 9.17) is 12.2 Å². The van der Waals surface area contributed by atoms with Crippen molar-refractivity contribution >= 4 is 57.8 Å². The summed E-state index contributed by atoms with van der Waals surface area (Å²) in [5.74, 6) is -0.250. The predicted octanol–water partition coefficient (Wildman–Crippen LogP) is 6.38. The number of rotatable bonds is 8. The third-order valence-corrected chi connectivity index (χ3v) is 8.06. The standard InChI is InChI=1S/C31H29N3O2S2/c1-31(22-32,38-30(37)25-11-3-2-4-12-25)19-17-28(35)33-20-18-29(36)34-21-26-13-6-5-9-23(26)15-16-24-10-7-8-14-27(24)34/h2-16H,17-21H2,1H3,(H,33,35)/b16-15-. The second-order valence-corrected chi connectivity index (χ2v) is 11.4. The highest BCUT2D eigenvalue weighted by atomic mass is 32.2. The Bertz CT molecular complexity index is 1400. The van der Waals surface area contributed by atoms with Crippen molar-refractivity contribution in [1.82, 2.24) is 5.32 Å². The van der Waals surface area contributed by atoms with Gasteiger partial charge in [-0.3, -0.25) is 9.59 Å². The Balaban J connectivity index is 1.32. The molecule has 0 spiro atoms. The normalized spacial score (nSPS) is 14.5. The fraction of sp³-hybridized carbons (Fsp3) is 0.226. The van der Waals surface area contributed by atoms with Crippen molar-refractivity contribution in [2.45, 2.75) is 37.5 Å². The molecule has 7 heteroatoms. The van der Waals surface area contributed by atoms with Gasteiger partial charge in [0.05, 0.1) is 22.5 Å². The molecule has 1 aliphatic rings. The predicted molar refractivity (Wildman–Crippen MR) is 160 cm³/mol. The number of nitrogens with zero attached hydrogens (tertiary/aromatic N) is 2. The van der Waals surface area contributed by atoms with E-state index >= 15 is 0 Å². The van der Waals surface area contributed by atoms with Gasteiger partial charge in [-0.2, -0.15) is 5.26 Å². The number of carbonyl (C=O) groups is 2. The van der Waals surface area contributed by atoms with E-state index in [2.05, 4.69) is 17.5 Å². The number of nitriles is 1. The lowest BCUT2D eigenvalue weighted by Gasteiger charge is -2.27. The van der Waals surface area contributed by atoms with E-state index in [1.54, 1.807) is 11.8 Å². The third kappa shape index (κ3) is 6.97. The number of nitrogens with one attached hydrogen (secondary N) is 1. The number of anilines is 1. The maximum atomic E-state index is 13.3. The lowest BCUT2D eigenvalue weighted by molar-refractivity contribution is -0.121. The molecule has 0 fully saturated rings. The van der Waals surface area contributed by atoms with Crippen LogP contribution < -0.4 is 10.2 Å². The average molecular weight is 540 g/mol. The van der Waals surface area contributed by atoms with Gasteiger partial charge >= 0.3 is 0 Å². The Morgan fingerprint density at radius 3 is 2.39 bits per heavy atom. The number of fused-ring (bicyclic) bond motifs is 2. The molecule has 0 bridgehead atoms. The van der Waals surface area contributed by atoms with Gasteiger partial charge in [-0.25, -0.2) is 0 Å². The second-order valence-electron chi connectivity index (χ2n) is 9.27. The second kappa shape index (κ2) is 12.7. The van der Waals surface area contributed by atoms with Gasteiger partial charge in [0.1, 0.15) is 4.75 Å². The van der Waals surface area contributed by atoms with Crippen LogP contribution in [0.25, 0.3) is 12.2 Å². The van der Waals surface area contributed by atoms with Crippen LogP contribution in [0.5, 0.6) is 0 Å². The number of thioether (sulfide) groups is 1. The van der Waals surface area contributed by atoms with Gasteiger partial charge in [0.25, 0.3) is 0 Å². The summed E-state index contributed by atoms with van der Waals surface area (Å²) in [6.07, 6.45) is 4.81. The quantitative estimate of drug-likeness (QED) is 0.336. The Hall–Kier alpha value is -3.73. The van der Waals surface area contributed by atoms with Crippen LogP contribution in [0.4, 0.5) is 5.69 Å². The van der Waals surface area contributed by atoms with Gasteiger partial charge in [-0.1, -0.05) is 109 Å². The molecule has 0 aliphatic carbocycles. The number of thiocarbonyl (C=S) groups is 1. The van der Waals surface area contributed by atoms with E-state index in [9.17, 15) is 14.9 Å². The van der Waals surface area contributed by atoms with E-state index in [1.165, 1.54) is 11.8 Å². The van der Waals surface area contributed by atoms with Crippen molar-refractivity contribution in [2.75, 3.05) is 11.4 Å². The lowest BCUT2D eigenvalue weighted by atomic mass is 10.0. The SMILES string of the molecule is CC(C#N)(CCC(=O)NCCC(=O)N1Cc2ccccc2/C=C\c2ccccc21)SC(=S)c1ccccc1. The molecule has 4 rings (SSSR count). The van der Waals surface area contributed by atoms with E-state index in [0.29, 0.717) is 17.2 Å². The molecular weight excluding hydrogens is 510 g/mol. The van der Waals surface area contributed by atoms with Crippen molar-refractivity contribution in [2.24, 2.45) is 0 Å². The van der Waals surface area contributed by atoms with Crippen LogP contribution in [-0.4, -0.2) is 27.3 Å². The highest BCUT2D eigenvalue weighted by molar-refractivity contribution is 8.24. The first-order valence-corrected chi connectivity index (χ1v) is 13.7. The molecule has 2 amide bonds. The molecule has 5 nitrogen and oxygen atoms in total. The molecule has 38 heavy (non-hydrogen) atoms. The summed E-state index contributed by atoms with van der Waals surface area (Å²) in [5.41, 5.74) is 4.86. The Labute approximate surface area is 233 Å². The summed E-state index contributed by atoms with van der Waals surface area (Å²) in [7, 11) is 0. The summed E-state index contributed by atoms with van der Waals surface area (Å²) in [4.78, 5) is 27.7. The number of amides is 2. The molecule has 192 valence electrons. The maximum absolute atomic E-state index is 13.3. The van der Waals surface area contributed by atoms with E-state index < -0.39 is 4.75 Å². The molecule has 3 aromatic rings. The molecule has 0 saturated carbocycles. The number of benzene rings is 3. The van der Waals surface area contributed by atoms with Crippen molar-refractivity contribution in [3.8, 4) is 6.07 Å². The molecular formula is C31H29N3O2S2. The molecule has 1 unspecified atom stereocenters. The minimum atomic E-state index is -0.824. The summed E-state index contributed by atoms with van der Waals surface area (Å²) < 4.78 is -0.194. The first-order chi connectivity index (χ1) is 18.4. The molecule has 0 saturated heterocycles. The zero-order chi connectivity index (χ0) is 27.0. The van der Waals surface area contributed by atoms with Gasteiger partial charge in [-0.15, -0.1) is 0 Å². The molecule has 1 N–H and O–H groups in total. The third-order valence-electron chi connectivity index (χ3n) is 6.41. The van der Waals surface area contributed by atoms with Crippen molar-refractivity contribution in [3.05, 3.63) is 101 Å². The Kier molecular flexibility index (Phi) is 9.11. The fourth-order valence-electron chi connectivity index (χ4n) is 4.22. The van der Waals surface area contributed by atoms with Crippen LogP contribution in [-0.2, 0) is 16.1 Å². The van der Waals surface area contributed by atoms with Crippen molar-refractivity contribution in [3.63, 3.8) is 0 Å². The lowest BCUT2D eigenvalue weighted by Crippen LogP contribution is -2.35. The Morgan fingerprint density at radius 2 is 1.63 bits per heavy atom. The molecule has 1 heterocycles. The van der Waals surface area contributed by atoms with Gasteiger partial charge in [0, 0.05) is 19.4 Å². The zero-order valence-corrected chi connectivity index (χ0v) is 22.9. The number of hydrogen-bond acceptors (Lipinski definition) is 5. The van der Waals surface area contributed by atoms with Gasteiger partial charge in [-0.05, 0) is 41.7 Å². The largest absolute Gasteiger partial charge is 0.356 e. The van der Waals surface area contributed by atoms with Crippen LogP contribution in [0, 0.1) is 11.3 Å². The van der Waals surface area contributed by atoms with Crippen LogP contribution in [0.1, 0.15) is 48.4 Å². The molecule has 3 aromatic carbocycles. The summed E-state index contributed by atoms with van der Waals surface area (Å²) >= 11 is 6.82. The maximum Gasteiger partial charge on any atom is 0.229 e. The van der Waals surface area contributed by atoms with Gasteiger partial charge < -0.3 is 10.2 Å². The zero-order valence-electron chi connectivity index (χ0n) is 21.2. The molecule has 0 aromatic heterocycles. The van der Waals surface area contributed by atoms with Gasteiger partial charge in [0.2, 0.25) is 11.8 Å². The number of para-hydroxylation sites is 1. The van der Waals surface area contributed by atoms with Crippen LogP contribution >= 0.6 is 24.0 Å². The smallest absolute Gasteiger partial charge is 0.229 e. The first-order valence-electron chi connectivity index (χ1n) is 12.5.